The third-order valence-electron chi connectivity index (χ3n) is 3.11. The van der Waals surface area contributed by atoms with Gasteiger partial charge in [-0.15, -0.1) is 0 Å². The fourth-order valence-corrected chi connectivity index (χ4v) is 2.26. The number of nitrogens with one attached hydrogen (secondary N) is 1. The molecule has 0 bridgehead atoms. The van der Waals surface area contributed by atoms with Crippen LogP contribution in [0.4, 0.5) is 13.2 Å². The standard InChI is InChI=1S/C18H12Cl2F3NO2/c19-13-6-7-16(20)15(11-13)17(25)24-8-1-2-9-26-14-5-3-4-12(10-14)18(21,22)23/h3-7,10-11H,8-9H2,(H,24,25). The molecule has 3 nitrogen and oxygen atoms in total. The van der Waals surface area contributed by atoms with Crippen LogP contribution in [-0.4, -0.2) is 19.1 Å². The Hall–Kier alpha value is -2.36. The number of benzene rings is 2. The van der Waals surface area contributed by atoms with Gasteiger partial charge >= 0.3 is 6.18 Å². The van der Waals surface area contributed by atoms with Crippen LogP contribution in [0.25, 0.3) is 0 Å². The molecule has 2 rings (SSSR count). The molecule has 0 aliphatic rings. The second-order valence-corrected chi connectivity index (χ2v) is 5.82. The summed E-state index contributed by atoms with van der Waals surface area (Å²) in [7, 11) is 0. The number of carbonyl (C=O) groups is 1. The molecule has 0 fully saturated rings. The van der Waals surface area contributed by atoms with Crippen LogP contribution in [0.3, 0.4) is 0 Å². The van der Waals surface area contributed by atoms with E-state index in [0.717, 1.165) is 12.1 Å². The smallest absolute Gasteiger partial charge is 0.416 e. The number of hydrogen-bond acceptors (Lipinski definition) is 2. The predicted octanol–water partition coefficient (Wildman–Crippen LogP) is 4.82. The van der Waals surface area contributed by atoms with Crippen LogP contribution in [0.2, 0.25) is 10.0 Å². The number of amides is 1. The van der Waals surface area contributed by atoms with E-state index in [2.05, 4.69) is 17.2 Å². The van der Waals surface area contributed by atoms with Gasteiger partial charge in [-0.25, -0.2) is 0 Å². The van der Waals surface area contributed by atoms with Crippen LogP contribution >= 0.6 is 23.2 Å². The van der Waals surface area contributed by atoms with Crippen molar-refractivity contribution in [1.29, 1.82) is 0 Å². The molecule has 0 spiro atoms. The number of carbonyl (C=O) groups excluding carboxylic acids is 1. The van der Waals surface area contributed by atoms with E-state index in [4.69, 9.17) is 27.9 Å². The van der Waals surface area contributed by atoms with Crippen LogP contribution < -0.4 is 10.1 Å². The van der Waals surface area contributed by atoms with Crippen molar-refractivity contribution in [3.8, 4) is 17.6 Å². The Morgan fingerprint density at radius 1 is 1.12 bits per heavy atom. The fourth-order valence-electron chi connectivity index (χ4n) is 1.89. The summed E-state index contributed by atoms with van der Waals surface area (Å²) in [5.74, 6) is 4.85. The summed E-state index contributed by atoms with van der Waals surface area (Å²) in [6.07, 6.45) is -4.43. The van der Waals surface area contributed by atoms with Crippen molar-refractivity contribution in [2.75, 3.05) is 13.2 Å². The van der Waals surface area contributed by atoms with E-state index in [1.54, 1.807) is 6.07 Å². The molecule has 0 aromatic heterocycles. The van der Waals surface area contributed by atoms with Gasteiger partial charge in [-0.3, -0.25) is 4.79 Å². The lowest BCUT2D eigenvalue weighted by Gasteiger charge is -2.08. The van der Waals surface area contributed by atoms with Gasteiger partial charge in [-0.1, -0.05) is 41.1 Å². The normalized spacial score (nSPS) is 10.7. The SMILES string of the molecule is O=C(NCC#CCOc1cccc(C(F)(F)F)c1)c1cc(Cl)ccc1Cl. The Labute approximate surface area is 158 Å². The molecule has 1 N–H and O–H groups in total. The van der Waals surface area contributed by atoms with Crippen LogP contribution in [-0.2, 0) is 6.18 Å². The topological polar surface area (TPSA) is 38.3 Å². The minimum Gasteiger partial charge on any atom is -0.481 e. The Morgan fingerprint density at radius 2 is 1.88 bits per heavy atom. The first-order valence-electron chi connectivity index (χ1n) is 7.26. The Balaban J connectivity index is 1.83. The summed E-state index contributed by atoms with van der Waals surface area (Å²) in [4.78, 5) is 11.9. The predicted molar refractivity (Wildman–Crippen MR) is 93.5 cm³/mol. The van der Waals surface area contributed by atoms with Gasteiger partial charge in [0.05, 0.1) is 22.7 Å². The Kier molecular flexibility index (Phi) is 6.78. The molecule has 2 aromatic rings. The Morgan fingerprint density at radius 3 is 2.62 bits per heavy atom. The molecule has 0 atom stereocenters. The highest BCUT2D eigenvalue weighted by atomic mass is 35.5. The number of ether oxygens (including phenoxy) is 1. The van der Waals surface area contributed by atoms with E-state index in [1.807, 2.05) is 0 Å². The average Bonchev–Trinajstić information content (AvgIpc) is 2.59. The molecule has 0 saturated carbocycles. The van der Waals surface area contributed by atoms with Crippen molar-refractivity contribution in [2.45, 2.75) is 6.18 Å². The first kappa shape index (κ1) is 20.0. The van der Waals surface area contributed by atoms with Crippen molar-refractivity contribution in [3.63, 3.8) is 0 Å². The monoisotopic (exact) mass is 401 g/mol. The molecule has 2 aromatic carbocycles. The van der Waals surface area contributed by atoms with Crippen LogP contribution in [0.1, 0.15) is 15.9 Å². The highest BCUT2D eigenvalue weighted by Crippen LogP contribution is 2.31. The highest BCUT2D eigenvalue weighted by molar-refractivity contribution is 6.35. The van der Waals surface area contributed by atoms with Crippen LogP contribution in [0.5, 0.6) is 5.75 Å². The molecule has 136 valence electrons. The lowest BCUT2D eigenvalue weighted by atomic mass is 10.2. The van der Waals surface area contributed by atoms with Gasteiger partial charge < -0.3 is 10.1 Å². The zero-order valence-electron chi connectivity index (χ0n) is 13.2. The van der Waals surface area contributed by atoms with Gasteiger partial charge in [0.25, 0.3) is 5.91 Å². The molecule has 0 radical (unpaired) electrons. The lowest BCUT2D eigenvalue weighted by Crippen LogP contribution is -2.24. The van der Waals surface area contributed by atoms with E-state index >= 15 is 0 Å². The number of alkyl halides is 3. The molecule has 0 unspecified atom stereocenters. The van der Waals surface area contributed by atoms with Gasteiger partial charge in [-0.05, 0) is 36.4 Å². The average molecular weight is 402 g/mol. The lowest BCUT2D eigenvalue weighted by molar-refractivity contribution is -0.137. The largest absolute Gasteiger partial charge is 0.481 e. The maximum absolute atomic E-state index is 12.6. The first-order valence-corrected chi connectivity index (χ1v) is 8.02. The van der Waals surface area contributed by atoms with Crippen LogP contribution in [0.15, 0.2) is 42.5 Å². The molecule has 0 aliphatic carbocycles. The third-order valence-corrected chi connectivity index (χ3v) is 3.67. The van der Waals surface area contributed by atoms with Gasteiger partial charge in [0, 0.05) is 5.02 Å². The molecular weight excluding hydrogens is 390 g/mol. The molecule has 1 amide bonds. The zero-order valence-corrected chi connectivity index (χ0v) is 14.7. The summed E-state index contributed by atoms with van der Waals surface area (Å²) in [5, 5.41) is 3.17. The minimum absolute atomic E-state index is 0.0215. The van der Waals surface area contributed by atoms with E-state index in [-0.39, 0.29) is 29.5 Å². The van der Waals surface area contributed by atoms with Crippen molar-refractivity contribution in [2.24, 2.45) is 0 Å². The summed E-state index contributed by atoms with van der Waals surface area (Å²) in [6, 6.07) is 9.00. The van der Waals surface area contributed by atoms with E-state index < -0.39 is 17.6 Å². The zero-order chi connectivity index (χ0) is 19.2. The van der Waals surface area contributed by atoms with Crippen molar-refractivity contribution in [3.05, 3.63) is 63.6 Å². The van der Waals surface area contributed by atoms with Gasteiger partial charge in [0.1, 0.15) is 12.4 Å². The van der Waals surface area contributed by atoms with Crippen molar-refractivity contribution in [1.82, 2.24) is 5.32 Å². The molecule has 0 saturated heterocycles. The summed E-state index contributed by atoms with van der Waals surface area (Å²) < 4.78 is 42.9. The van der Waals surface area contributed by atoms with Gasteiger partial charge in [0.2, 0.25) is 0 Å². The fraction of sp³-hybridized carbons (Fsp3) is 0.167. The number of hydrogen-bond donors (Lipinski definition) is 1. The molecule has 0 heterocycles. The van der Waals surface area contributed by atoms with E-state index in [0.29, 0.717) is 5.02 Å². The Bertz CT molecular complexity index is 857. The number of rotatable bonds is 4. The minimum atomic E-state index is -4.43. The maximum Gasteiger partial charge on any atom is 0.416 e. The molecule has 8 heteroatoms. The number of halogens is 5. The highest BCUT2D eigenvalue weighted by Gasteiger charge is 2.30. The van der Waals surface area contributed by atoms with Gasteiger partial charge in [0.15, 0.2) is 0 Å². The molecule has 0 aliphatic heterocycles. The van der Waals surface area contributed by atoms with E-state index in [1.165, 1.54) is 24.3 Å². The second-order valence-electron chi connectivity index (χ2n) is 4.97. The van der Waals surface area contributed by atoms with Gasteiger partial charge in [-0.2, -0.15) is 13.2 Å². The molecule has 26 heavy (non-hydrogen) atoms. The van der Waals surface area contributed by atoms with Crippen molar-refractivity contribution >= 4 is 29.1 Å². The summed E-state index contributed by atoms with van der Waals surface area (Å²) >= 11 is 11.7. The summed E-state index contributed by atoms with van der Waals surface area (Å²) in [6.45, 7) is -0.0945. The molecular formula is C18H12Cl2F3NO2. The second kappa shape index (κ2) is 8.84. The van der Waals surface area contributed by atoms with Crippen molar-refractivity contribution < 1.29 is 22.7 Å². The third kappa shape index (κ3) is 5.87. The summed E-state index contributed by atoms with van der Waals surface area (Å²) in [5.41, 5.74) is -0.574. The quantitative estimate of drug-likeness (QED) is 0.745. The van der Waals surface area contributed by atoms with E-state index in [9.17, 15) is 18.0 Å². The van der Waals surface area contributed by atoms with Crippen LogP contribution in [0, 0.1) is 11.8 Å². The maximum atomic E-state index is 12.6. The first-order chi connectivity index (χ1) is 12.3.